The zero-order chi connectivity index (χ0) is 69.7. The summed E-state index contributed by atoms with van der Waals surface area (Å²) in [4.78, 5) is 32.4. The number of hydrogen-bond donors (Lipinski definition) is 2. The Morgan fingerprint density at radius 3 is 0.677 bits per heavy atom. The van der Waals surface area contributed by atoms with Gasteiger partial charge >= 0.3 is 127 Å². The van der Waals surface area contributed by atoms with Gasteiger partial charge in [0, 0.05) is 57.7 Å². The number of carboxylic acid groups (broad SMARTS) is 2. The van der Waals surface area contributed by atoms with Crippen molar-refractivity contribution in [2.24, 2.45) is 20.8 Å². The number of hydrogen-bond acceptors (Lipinski definition) is 16. The van der Waals surface area contributed by atoms with Crippen LogP contribution < -0.4 is 90.9 Å². The number of aliphatic carboxylic acids is 2. The molecular weight excluding hydrogens is 1650 g/mol. The Morgan fingerprint density at radius 1 is 0.375 bits per heavy atom. The topological polar surface area (TPSA) is 328 Å². The first-order chi connectivity index (χ1) is 40.8. The molecule has 0 aliphatic carbocycles. The third-order valence-electron chi connectivity index (χ3n) is 10.4. The van der Waals surface area contributed by atoms with E-state index in [9.17, 15) is 72.5 Å². The number of alkyl halides is 12. The van der Waals surface area contributed by atoms with Gasteiger partial charge < -0.3 is 28.4 Å². The number of halogens is 12. The summed E-state index contributed by atoms with van der Waals surface area (Å²) in [5.74, 6) is -1.81. The van der Waals surface area contributed by atoms with Crippen LogP contribution >= 0.6 is 15.8 Å². The van der Waals surface area contributed by atoms with Gasteiger partial charge in [-0.3, -0.25) is 9.98 Å². The predicted octanol–water partition coefficient (Wildman–Crippen LogP) is 2.93. The van der Waals surface area contributed by atoms with E-state index in [0.717, 1.165) is 11.1 Å². The largest absolute Gasteiger partial charge is 1.00 e. The van der Waals surface area contributed by atoms with Crippen LogP contribution in [0.15, 0.2) is 180 Å². The van der Waals surface area contributed by atoms with Gasteiger partial charge in [-0.1, -0.05) is 211 Å². The molecule has 0 heterocycles. The van der Waals surface area contributed by atoms with Crippen LogP contribution in [0.3, 0.4) is 0 Å². The third kappa shape index (κ3) is 37.3. The van der Waals surface area contributed by atoms with E-state index < -0.39 is 113 Å². The van der Waals surface area contributed by atoms with Crippen LogP contribution in [0.5, 0.6) is 0 Å². The maximum absolute atomic E-state index is 11.7. The van der Waals surface area contributed by atoms with Crippen molar-refractivity contribution in [2.75, 3.05) is 0 Å². The molecule has 0 saturated carbocycles. The maximum atomic E-state index is 11.7. The Labute approximate surface area is 635 Å². The zero-order valence-electron chi connectivity index (χ0n) is 50.2. The first-order valence-electron chi connectivity index (χ1n) is 24.3. The van der Waals surface area contributed by atoms with E-state index in [2.05, 4.69) is 119 Å². The van der Waals surface area contributed by atoms with E-state index in [4.69, 9.17) is 51.9 Å². The van der Waals surface area contributed by atoms with Crippen molar-refractivity contribution in [2.45, 2.75) is 75.7 Å². The number of rotatable bonds is 12. The number of carboxylic acids is 2. The Hall–Kier alpha value is -2.66. The van der Waals surface area contributed by atoms with E-state index in [1.54, 1.807) is 12.4 Å². The van der Waals surface area contributed by atoms with Crippen molar-refractivity contribution in [1.82, 2.24) is 0 Å². The van der Waals surface area contributed by atoms with E-state index in [1.165, 1.54) is 31.8 Å². The molecule has 6 aromatic rings. The van der Waals surface area contributed by atoms with E-state index in [1.807, 2.05) is 102 Å². The Balaban J connectivity index is -0.000000280. The molecule has 0 aliphatic heterocycles. The second kappa shape index (κ2) is 44.7. The Morgan fingerprint density at radius 2 is 0.531 bits per heavy atom. The van der Waals surface area contributed by atoms with Crippen molar-refractivity contribution in [1.29, 1.82) is 0 Å². The van der Waals surface area contributed by atoms with Gasteiger partial charge in [-0.15, -0.1) is 0 Å². The molecule has 538 valence electrons. The van der Waals surface area contributed by atoms with Crippen molar-refractivity contribution in [3.05, 3.63) is 181 Å². The third-order valence-corrected chi connectivity index (χ3v) is 17.7. The van der Waals surface area contributed by atoms with E-state index >= 15 is 0 Å². The average molecular weight is 1700 g/mol. The van der Waals surface area contributed by atoms with Crippen molar-refractivity contribution in [3.63, 3.8) is 0 Å². The first kappa shape index (κ1) is 104. The molecule has 42 heteroatoms. The van der Waals surface area contributed by atoms with Crippen LogP contribution in [0.25, 0.3) is 0 Å². The summed E-state index contributed by atoms with van der Waals surface area (Å²) >= 11 is 0. The molecule has 0 aromatic heterocycles. The number of aliphatic imine (C=N–C) groups is 2. The summed E-state index contributed by atoms with van der Waals surface area (Å²) in [5.41, 5.74) is -21.6. The Kier molecular flexibility index (Phi) is 48.5. The van der Waals surface area contributed by atoms with Crippen molar-refractivity contribution < 1.29 is 252 Å². The van der Waals surface area contributed by atoms with Gasteiger partial charge in [0.25, 0.3) is 0 Å². The molecule has 0 unspecified atom stereocenters. The first-order valence-corrected chi connectivity index (χ1v) is 32.7. The van der Waals surface area contributed by atoms with Crippen LogP contribution in [-0.4, -0.2) is 121 Å². The average Bonchev–Trinajstić information content (AvgIpc) is 0.806. The minimum absolute atomic E-state index is 0. The summed E-state index contributed by atoms with van der Waals surface area (Å²) < 4.78 is 236. The molecule has 0 fully saturated rings. The van der Waals surface area contributed by atoms with Crippen LogP contribution in [0.2, 0.25) is 0 Å². The molecule has 96 heavy (non-hydrogen) atoms. The number of carbonyl (C=O) groups is 2. The van der Waals surface area contributed by atoms with Gasteiger partial charge in [-0.2, -0.15) is 52.7 Å². The van der Waals surface area contributed by atoms with Crippen LogP contribution in [0.1, 0.15) is 52.7 Å². The smallest absolute Gasteiger partial charge is 0.741 e. The van der Waals surface area contributed by atoms with Crippen molar-refractivity contribution >= 4 is 113 Å². The van der Waals surface area contributed by atoms with Crippen LogP contribution in [0, 0.1) is 10.8 Å². The Bertz CT molecular complexity index is 3410. The molecule has 6 rings (SSSR count). The molecule has 2 atom stereocenters. The summed E-state index contributed by atoms with van der Waals surface area (Å²) in [6, 6.07) is 56.5. The van der Waals surface area contributed by atoms with Gasteiger partial charge in [-0.25, -0.2) is 43.3 Å². The van der Waals surface area contributed by atoms with Gasteiger partial charge in [0.05, 0.1) is 0 Å². The minimum Gasteiger partial charge on any atom is -0.741 e. The quantitative estimate of drug-likeness (QED) is 0.0444. The molecule has 0 spiro atoms. The number of nitrogens with zero attached hydrogens (tertiary/aromatic N) is 2. The predicted molar refractivity (Wildman–Crippen MR) is 310 cm³/mol. The zero-order valence-corrected chi connectivity index (χ0v) is 63.1. The summed E-state index contributed by atoms with van der Waals surface area (Å²) in [5, 5.41) is 26.6. The maximum Gasteiger partial charge on any atom is 1.00 e. The second-order valence-electron chi connectivity index (χ2n) is 19.5. The van der Waals surface area contributed by atoms with Gasteiger partial charge in [0.1, 0.15) is 0 Å². The van der Waals surface area contributed by atoms with Crippen LogP contribution in [0.4, 0.5) is 52.7 Å². The summed E-state index contributed by atoms with van der Waals surface area (Å²) in [6.45, 7) is 11.4. The fraction of sp³-hybridized carbons (Fsp3) is 0.259. The normalized spacial score (nSPS) is 12.5. The molecule has 0 bridgehead atoms. The molecule has 2 radical (unpaired) electrons. The van der Waals surface area contributed by atoms with Gasteiger partial charge in [0.2, 0.25) is 0 Å². The molecule has 6 aromatic carbocycles. The van der Waals surface area contributed by atoms with Gasteiger partial charge in [-0.05, 0) is 58.5 Å². The number of benzene rings is 6. The SMILES string of the molecule is CC(C)(C)[C@H](N=Cc1ccccc1P(c1ccccc1)c1ccccc1)C(=O)O.CC(C)(C)[C@H](N=Cc1ccccc1P(c1ccccc1)c1ccccc1)C(=O)O.O=S(=O)([O-])C(F)(F)F.O=S(=O)([O-])C(F)(F)F.O=S(=O)([O-])C(F)(F)F.O=S(=O)([O-])C(F)(F)F.[Cu+].[Cu+].[Cu].[Cu].[Na+].[Na+]. The fourth-order valence-corrected chi connectivity index (χ4v) is 11.2. The molecule has 18 nitrogen and oxygen atoms in total. The van der Waals surface area contributed by atoms with Gasteiger partial charge in [0.15, 0.2) is 52.6 Å². The molecule has 0 aliphatic rings. The summed E-state index contributed by atoms with van der Waals surface area (Å²) in [7, 11) is -25.9. The monoisotopic (exact) mass is 1700 g/mol. The molecule has 0 amide bonds. The molecule has 2 N–H and O–H groups in total. The standard InChI is InChI=1S/2C25H26NO2P.4CHF3O3S.4Cu.2Na/c2*1-25(2,3)23(24(27)28)26-18-19-12-10-11-17-22(19)29(20-13-6-4-7-14-20)21-15-8-5-9-16-21;4*2-1(3,4)8(5,6)7;;;;;;/h2*4-18,23H,1-3H3,(H,27,28);4*(H,5,6,7);;;;;;/q;;;;;;;;4*+1/p-4/t2*23-;;;;;;;;;;/m11........../s1. The second-order valence-corrected chi connectivity index (χ2v) is 29.4. The molecule has 0 saturated heterocycles. The fourth-order valence-electron chi connectivity index (χ4n) is 6.39. The van der Waals surface area contributed by atoms with E-state index in [0.29, 0.717) is 0 Å². The van der Waals surface area contributed by atoms with E-state index in [-0.39, 0.29) is 127 Å². The van der Waals surface area contributed by atoms with Crippen molar-refractivity contribution in [3.8, 4) is 0 Å². The summed E-state index contributed by atoms with van der Waals surface area (Å²) in [6.07, 6.45) is 3.47. The minimum atomic E-state index is -6.09. The van der Waals surface area contributed by atoms with Crippen LogP contribution in [-0.2, 0) is 118 Å². The molecular formula is C54H52Cu4F12N2Na2O16P2S4.